The van der Waals surface area contributed by atoms with Crippen LogP contribution in [-0.4, -0.2) is 63.4 Å². The Bertz CT molecular complexity index is 539. The molecular formula is C16H27N5O2. The summed E-state index contributed by atoms with van der Waals surface area (Å²) < 4.78 is 7.25. The SMILES string of the molecule is CCOC(=O)N1CCC[C@H](c2nnc(CN3CCCC3)n2C)C1. The van der Waals surface area contributed by atoms with E-state index in [0.717, 1.165) is 50.7 Å². The first-order valence-electron chi connectivity index (χ1n) is 8.71. The lowest BCUT2D eigenvalue weighted by Gasteiger charge is -2.31. The van der Waals surface area contributed by atoms with E-state index >= 15 is 0 Å². The molecule has 23 heavy (non-hydrogen) atoms. The Labute approximate surface area is 137 Å². The van der Waals surface area contributed by atoms with E-state index in [2.05, 4.69) is 19.7 Å². The van der Waals surface area contributed by atoms with E-state index in [-0.39, 0.29) is 12.0 Å². The van der Waals surface area contributed by atoms with Crippen molar-refractivity contribution in [3.63, 3.8) is 0 Å². The second-order valence-corrected chi connectivity index (χ2v) is 6.50. The van der Waals surface area contributed by atoms with E-state index in [1.165, 1.54) is 12.8 Å². The summed E-state index contributed by atoms with van der Waals surface area (Å²) in [5.41, 5.74) is 0. The molecule has 2 aliphatic heterocycles. The van der Waals surface area contributed by atoms with E-state index in [4.69, 9.17) is 4.74 Å². The Morgan fingerprint density at radius 1 is 1.22 bits per heavy atom. The third-order valence-electron chi connectivity index (χ3n) is 4.87. The topological polar surface area (TPSA) is 63.5 Å². The Hall–Kier alpha value is -1.63. The Morgan fingerprint density at radius 3 is 2.74 bits per heavy atom. The van der Waals surface area contributed by atoms with Gasteiger partial charge in [-0.15, -0.1) is 10.2 Å². The Morgan fingerprint density at radius 2 is 2.00 bits per heavy atom. The van der Waals surface area contributed by atoms with Crippen LogP contribution in [0.4, 0.5) is 4.79 Å². The number of ether oxygens (including phenoxy) is 1. The van der Waals surface area contributed by atoms with Crippen LogP contribution in [0.5, 0.6) is 0 Å². The minimum Gasteiger partial charge on any atom is -0.450 e. The average Bonchev–Trinajstić information content (AvgIpc) is 3.19. The highest BCUT2D eigenvalue weighted by molar-refractivity contribution is 5.67. The minimum absolute atomic E-state index is 0.211. The van der Waals surface area contributed by atoms with Gasteiger partial charge in [0, 0.05) is 26.1 Å². The van der Waals surface area contributed by atoms with Crippen LogP contribution in [-0.2, 0) is 18.3 Å². The van der Waals surface area contributed by atoms with Gasteiger partial charge in [0.05, 0.1) is 13.2 Å². The van der Waals surface area contributed by atoms with Gasteiger partial charge in [0.2, 0.25) is 0 Å². The molecule has 1 aromatic rings. The monoisotopic (exact) mass is 321 g/mol. The van der Waals surface area contributed by atoms with Crippen LogP contribution in [0.2, 0.25) is 0 Å². The number of carbonyl (C=O) groups is 1. The average molecular weight is 321 g/mol. The van der Waals surface area contributed by atoms with Crippen molar-refractivity contribution in [3.8, 4) is 0 Å². The molecule has 0 radical (unpaired) electrons. The van der Waals surface area contributed by atoms with Crippen LogP contribution >= 0.6 is 0 Å². The largest absolute Gasteiger partial charge is 0.450 e. The van der Waals surface area contributed by atoms with Gasteiger partial charge in [0.15, 0.2) is 0 Å². The summed E-state index contributed by atoms with van der Waals surface area (Å²) in [6.45, 7) is 6.89. The van der Waals surface area contributed by atoms with Crippen molar-refractivity contribution in [2.45, 2.75) is 45.1 Å². The molecule has 0 bridgehead atoms. The Balaban J connectivity index is 1.66. The van der Waals surface area contributed by atoms with Crippen molar-refractivity contribution in [1.29, 1.82) is 0 Å². The van der Waals surface area contributed by atoms with Crippen molar-refractivity contribution in [3.05, 3.63) is 11.6 Å². The van der Waals surface area contributed by atoms with Crippen LogP contribution in [0.3, 0.4) is 0 Å². The third-order valence-corrected chi connectivity index (χ3v) is 4.87. The second-order valence-electron chi connectivity index (χ2n) is 6.50. The number of nitrogens with zero attached hydrogens (tertiary/aromatic N) is 5. The lowest BCUT2D eigenvalue weighted by Crippen LogP contribution is -2.40. The lowest BCUT2D eigenvalue weighted by molar-refractivity contribution is 0.0949. The molecule has 0 spiro atoms. The summed E-state index contributed by atoms with van der Waals surface area (Å²) in [5.74, 6) is 2.27. The van der Waals surface area contributed by atoms with Gasteiger partial charge < -0.3 is 14.2 Å². The standard InChI is InChI=1S/C16H27N5O2/c1-3-23-16(22)21-10-6-7-13(11-21)15-18-17-14(19(15)2)12-20-8-4-5-9-20/h13H,3-12H2,1-2H3/t13-/m0/s1. The van der Waals surface area contributed by atoms with Crippen molar-refractivity contribution >= 4 is 6.09 Å². The van der Waals surface area contributed by atoms with E-state index in [1.54, 1.807) is 4.90 Å². The molecule has 1 atom stereocenters. The van der Waals surface area contributed by atoms with Crippen LogP contribution in [0, 0.1) is 0 Å². The number of hydrogen-bond donors (Lipinski definition) is 0. The first-order chi connectivity index (χ1) is 11.2. The van der Waals surface area contributed by atoms with Crippen LogP contribution in [0.1, 0.15) is 50.2 Å². The molecule has 0 unspecified atom stereocenters. The quantitative estimate of drug-likeness (QED) is 0.845. The zero-order chi connectivity index (χ0) is 16.2. The fraction of sp³-hybridized carbons (Fsp3) is 0.812. The molecule has 2 saturated heterocycles. The predicted molar refractivity (Wildman–Crippen MR) is 86.1 cm³/mol. The molecule has 2 fully saturated rings. The molecule has 7 nitrogen and oxygen atoms in total. The molecule has 0 N–H and O–H groups in total. The van der Waals surface area contributed by atoms with E-state index in [0.29, 0.717) is 13.2 Å². The van der Waals surface area contributed by atoms with E-state index < -0.39 is 0 Å². The predicted octanol–water partition coefficient (Wildman–Crippen LogP) is 1.75. The van der Waals surface area contributed by atoms with Crippen molar-refractivity contribution in [2.24, 2.45) is 7.05 Å². The minimum atomic E-state index is -0.211. The molecule has 1 aromatic heterocycles. The molecule has 3 heterocycles. The molecule has 2 aliphatic rings. The molecule has 3 rings (SSSR count). The van der Waals surface area contributed by atoms with Gasteiger partial charge >= 0.3 is 6.09 Å². The molecular weight excluding hydrogens is 294 g/mol. The first kappa shape index (κ1) is 16.2. The molecule has 128 valence electrons. The molecule has 0 aromatic carbocycles. The normalized spacial score (nSPS) is 22.5. The maximum atomic E-state index is 11.9. The van der Waals surface area contributed by atoms with Crippen molar-refractivity contribution < 1.29 is 9.53 Å². The van der Waals surface area contributed by atoms with E-state index in [9.17, 15) is 4.79 Å². The van der Waals surface area contributed by atoms with Gasteiger partial charge in [-0.05, 0) is 45.7 Å². The summed E-state index contributed by atoms with van der Waals surface area (Å²) in [5, 5.41) is 8.83. The van der Waals surface area contributed by atoms with Gasteiger partial charge in [-0.2, -0.15) is 0 Å². The van der Waals surface area contributed by atoms with Gasteiger partial charge in [0.25, 0.3) is 0 Å². The maximum absolute atomic E-state index is 11.9. The summed E-state index contributed by atoms with van der Waals surface area (Å²) in [4.78, 5) is 16.2. The number of amides is 1. The highest BCUT2D eigenvalue weighted by Gasteiger charge is 2.29. The summed E-state index contributed by atoms with van der Waals surface area (Å²) >= 11 is 0. The Kier molecular flexibility index (Phi) is 5.15. The van der Waals surface area contributed by atoms with Crippen molar-refractivity contribution in [2.75, 3.05) is 32.8 Å². The number of aromatic nitrogens is 3. The molecule has 0 aliphatic carbocycles. The lowest BCUT2D eigenvalue weighted by atomic mass is 9.97. The van der Waals surface area contributed by atoms with Crippen LogP contribution in [0.25, 0.3) is 0 Å². The van der Waals surface area contributed by atoms with E-state index in [1.807, 2.05) is 14.0 Å². The second kappa shape index (κ2) is 7.29. The summed E-state index contributed by atoms with van der Waals surface area (Å²) in [6, 6.07) is 0. The number of hydrogen-bond acceptors (Lipinski definition) is 5. The molecule has 1 amide bonds. The smallest absolute Gasteiger partial charge is 0.409 e. The molecule has 0 saturated carbocycles. The highest BCUT2D eigenvalue weighted by atomic mass is 16.6. The number of piperidine rings is 1. The zero-order valence-corrected chi connectivity index (χ0v) is 14.2. The fourth-order valence-corrected chi connectivity index (χ4v) is 3.58. The van der Waals surface area contributed by atoms with Gasteiger partial charge in [-0.3, -0.25) is 4.90 Å². The zero-order valence-electron chi connectivity index (χ0n) is 14.2. The first-order valence-corrected chi connectivity index (χ1v) is 8.71. The third kappa shape index (κ3) is 3.65. The number of likely N-dealkylation sites (tertiary alicyclic amines) is 2. The number of carbonyl (C=O) groups excluding carboxylic acids is 1. The highest BCUT2D eigenvalue weighted by Crippen LogP contribution is 2.26. The fourth-order valence-electron chi connectivity index (χ4n) is 3.58. The summed E-state index contributed by atoms with van der Waals surface area (Å²) in [6.07, 6.45) is 4.38. The van der Waals surface area contributed by atoms with Crippen LogP contribution < -0.4 is 0 Å². The number of rotatable bonds is 4. The van der Waals surface area contributed by atoms with Gasteiger partial charge in [-0.1, -0.05) is 0 Å². The van der Waals surface area contributed by atoms with Crippen LogP contribution in [0.15, 0.2) is 0 Å². The summed E-state index contributed by atoms with van der Waals surface area (Å²) in [7, 11) is 2.05. The van der Waals surface area contributed by atoms with Gasteiger partial charge in [0.1, 0.15) is 11.6 Å². The van der Waals surface area contributed by atoms with Gasteiger partial charge in [-0.25, -0.2) is 4.79 Å². The molecule has 7 heteroatoms. The maximum Gasteiger partial charge on any atom is 0.409 e. The van der Waals surface area contributed by atoms with Crippen molar-refractivity contribution in [1.82, 2.24) is 24.6 Å².